The summed E-state index contributed by atoms with van der Waals surface area (Å²) < 4.78 is 5.39. The van der Waals surface area contributed by atoms with Crippen LogP contribution in [0.1, 0.15) is 31.4 Å². The van der Waals surface area contributed by atoms with Crippen LogP contribution in [0.2, 0.25) is 0 Å². The van der Waals surface area contributed by atoms with Gasteiger partial charge in [0.25, 0.3) is 0 Å². The fourth-order valence-electron chi connectivity index (χ4n) is 2.84. The number of guanidine groups is 1. The first-order valence-electron chi connectivity index (χ1n) is 10.0. The summed E-state index contributed by atoms with van der Waals surface area (Å²) in [6.45, 7) is 5.30. The van der Waals surface area contributed by atoms with Gasteiger partial charge in [0.1, 0.15) is 5.75 Å². The molecule has 2 aromatic rings. The number of carbonyl (C=O) groups excluding carboxylic acids is 1. The molecule has 0 bridgehead atoms. The maximum atomic E-state index is 12.1. The molecule has 0 spiro atoms. The lowest BCUT2D eigenvalue weighted by molar-refractivity contribution is -0.119. The summed E-state index contributed by atoms with van der Waals surface area (Å²) in [7, 11) is 3.44. The van der Waals surface area contributed by atoms with Gasteiger partial charge in [-0.25, -0.2) is 0 Å². The van der Waals surface area contributed by atoms with E-state index in [1.54, 1.807) is 14.2 Å². The fraction of sp³-hybridized carbons (Fsp3) is 0.391. The van der Waals surface area contributed by atoms with Crippen molar-refractivity contribution in [3.05, 3.63) is 59.7 Å². The van der Waals surface area contributed by atoms with Gasteiger partial charge in [-0.2, -0.15) is 0 Å². The number of nitrogens with one attached hydrogen (secondary N) is 3. The van der Waals surface area contributed by atoms with Gasteiger partial charge < -0.3 is 20.7 Å². The first-order valence-corrected chi connectivity index (χ1v) is 10.0. The Hall–Kier alpha value is -3.02. The lowest BCUT2D eigenvalue weighted by Crippen LogP contribution is -2.37. The molecule has 0 saturated carbocycles. The Labute approximate surface area is 173 Å². The smallest absolute Gasteiger partial charge is 0.227 e. The minimum atomic E-state index is 0.00282. The van der Waals surface area contributed by atoms with Gasteiger partial charge in [-0.3, -0.25) is 9.79 Å². The van der Waals surface area contributed by atoms with Crippen molar-refractivity contribution >= 4 is 17.6 Å². The normalized spacial score (nSPS) is 12.2. The lowest BCUT2D eigenvalue weighted by atomic mass is 10.1. The molecule has 6 nitrogen and oxygen atoms in total. The maximum absolute atomic E-state index is 12.1. The summed E-state index contributed by atoms with van der Waals surface area (Å²) in [5, 5.41) is 9.61. The Morgan fingerprint density at radius 2 is 1.93 bits per heavy atom. The van der Waals surface area contributed by atoms with Crippen molar-refractivity contribution in [3.8, 4) is 5.75 Å². The summed E-state index contributed by atoms with van der Waals surface area (Å²) in [4.78, 5) is 16.4. The lowest BCUT2D eigenvalue weighted by Gasteiger charge is -2.14. The van der Waals surface area contributed by atoms with Gasteiger partial charge >= 0.3 is 0 Å². The van der Waals surface area contributed by atoms with E-state index in [2.05, 4.69) is 27.0 Å². The van der Waals surface area contributed by atoms with Crippen molar-refractivity contribution in [1.82, 2.24) is 10.6 Å². The molecule has 0 heterocycles. The molecule has 1 atom stereocenters. The molecule has 0 fully saturated rings. The molecule has 0 saturated heterocycles. The largest absolute Gasteiger partial charge is 0.496 e. The van der Waals surface area contributed by atoms with Crippen LogP contribution in [0, 0.1) is 5.92 Å². The number of hydrogen-bond acceptors (Lipinski definition) is 3. The van der Waals surface area contributed by atoms with E-state index in [9.17, 15) is 4.79 Å². The molecule has 2 rings (SSSR count). The highest BCUT2D eigenvalue weighted by molar-refractivity contribution is 5.92. The summed E-state index contributed by atoms with van der Waals surface area (Å²) in [6, 6.07) is 15.9. The Morgan fingerprint density at radius 1 is 1.14 bits per heavy atom. The molecule has 0 aliphatic carbocycles. The zero-order chi connectivity index (χ0) is 21.1. The number of para-hydroxylation sites is 1. The van der Waals surface area contributed by atoms with E-state index in [-0.39, 0.29) is 11.8 Å². The van der Waals surface area contributed by atoms with Crippen molar-refractivity contribution in [2.75, 3.05) is 26.0 Å². The van der Waals surface area contributed by atoms with Crippen LogP contribution in [-0.2, 0) is 17.8 Å². The second-order valence-corrected chi connectivity index (χ2v) is 6.91. The summed E-state index contributed by atoms with van der Waals surface area (Å²) in [5.41, 5.74) is 3.04. The molecule has 156 valence electrons. The molecule has 1 unspecified atom stereocenters. The molecule has 2 aromatic carbocycles. The summed E-state index contributed by atoms with van der Waals surface area (Å²) in [6.07, 6.45) is 1.66. The number of benzene rings is 2. The highest BCUT2D eigenvalue weighted by Crippen LogP contribution is 2.17. The third-order valence-electron chi connectivity index (χ3n) is 4.82. The summed E-state index contributed by atoms with van der Waals surface area (Å²) in [5.74, 6) is 1.68. The van der Waals surface area contributed by atoms with Crippen molar-refractivity contribution in [1.29, 1.82) is 0 Å². The predicted octanol–water partition coefficient (Wildman–Crippen LogP) is 3.59. The van der Waals surface area contributed by atoms with Crippen LogP contribution in [0.15, 0.2) is 53.5 Å². The predicted molar refractivity (Wildman–Crippen MR) is 119 cm³/mol. The van der Waals surface area contributed by atoms with E-state index < -0.39 is 0 Å². The molecule has 1 amide bonds. The van der Waals surface area contributed by atoms with E-state index in [1.165, 1.54) is 0 Å². The third kappa shape index (κ3) is 7.14. The Bertz CT molecular complexity index is 820. The molecule has 0 radical (unpaired) electrons. The number of carbonyl (C=O) groups is 1. The van der Waals surface area contributed by atoms with Crippen LogP contribution >= 0.6 is 0 Å². The first-order chi connectivity index (χ1) is 14.1. The molecule has 3 N–H and O–H groups in total. The number of aliphatic imine (C=N–C) groups is 1. The van der Waals surface area contributed by atoms with Gasteiger partial charge in [0.15, 0.2) is 5.96 Å². The molecule has 0 aliphatic rings. The molecular formula is C23H32N4O2. The van der Waals surface area contributed by atoms with Crippen LogP contribution in [0.4, 0.5) is 5.69 Å². The monoisotopic (exact) mass is 396 g/mol. The van der Waals surface area contributed by atoms with Crippen molar-refractivity contribution in [3.63, 3.8) is 0 Å². The van der Waals surface area contributed by atoms with E-state index in [1.807, 2.05) is 56.3 Å². The SMILES string of the molecule is CCC(C)C(=O)Nc1cccc(CNC(=NC)NCCc2ccccc2OC)c1. The summed E-state index contributed by atoms with van der Waals surface area (Å²) >= 11 is 0. The van der Waals surface area contributed by atoms with Crippen molar-refractivity contribution < 1.29 is 9.53 Å². The highest BCUT2D eigenvalue weighted by atomic mass is 16.5. The average molecular weight is 397 g/mol. The number of hydrogen-bond donors (Lipinski definition) is 3. The average Bonchev–Trinajstić information content (AvgIpc) is 2.76. The van der Waals surface area contributed by atoms with Gasteiger partial charge in [-0.15, -0.1) is 0 Å². The maximum Gasteiger partial charge on any atom is 0.227 e. The Morgan fingerprint density at radius 3 is 2.66 bits per heavy atom. The number of amides is 1. The minimum absolute atomic E-state index is 0.00282. The van der Waals surface area contributed by atoms with E-state index in [0.29, 0.717) is 6.54 Å². The molecule has 0 aliphatic heterocycles. The number of methoxy groups -OCH3 is 1. The number of anilines is 1. The van der Waals surface area contributed by atoms with Gasteiger partial charge in [-0.1, -0.05) is 44.2 Å². The van der Waals surface area contributed by atoms with E-state index >= 15 is 0 Å². The highest BCUT2D eigenvalue weighted by Gasteiger charge is 2.10. The topological polar surface area (TPSA) is 74.8 Å². The molecular weight excluding hydrogens is 364 g/mol. The standard InChI is InChI=1S/C23H32N4O2/c1-5-17(2)22(28)27-20-11-8-9-18(15-20)16-26-23(24-3)25-14-13-19-10-6-7-12-21(19)29-4/h6-12,15,17H,5,13-14,16H2,1-4H3,(H,27,28)(H2,24,25,26). The number of ether oxygens (including phenoxy) is 1. The zero-order valence-corrected chi connectivity index (χ0v) is 17.8. The second-order valence-electron chi connectivity index (χ2n) is 6.91. The van der Waals surface area contributed by atoms with Gasteiger partial charge in [0, 0.05) is 31.7 Å². The molecule has 6 heteroatoms. The second kappa shape index (κ2) is 11.7. The Kier molecular flexibility index (Phi) is 9.02. The molecule has 29 heavy (non-hydrogen) atoms. The van der Waals surface area contributed by atoms with Crippen LogP contribution < -0.4 is 20.7 Å². The van der Waals surface area contributed by atoms with Crippen LogP contribution in [0.25, 0.3) is 0 Å². The van der Waals surface area contributed by atoms with Crippen molar-refractivity contribution in [2.24, 2.45) is 10.9 Å². The fourth-order valence-corrected chi connectivity index (χ4v) is 2.84. The minimum Gasteiger partial charge on any atom is -0.496 e. The van der Waals surface area contributed by atoms with Crippen LogP contribution in [0.5, 0.6) is 5.75 Å². The zero-order valence-electron chi connectivity index (χ0n) is 17.8. The van der Waals surface area contributed by atoms with Crippen LogP contribution in [-0.4, -0.2) is 32.6 Å². The number of nitrogens with zero attached hydrogens (tertiary/aromatic N) is 1. The van der Waals surface area contributed by atoms with Crippen molar-refractivity contribution in [2.45, 2.75) is 33.2 Å². The van der Waals surface area contributed by atoms with Gasteiger partial charge in [0.2, 0.25) is 5.91 Å². The third-order valence-corrected chi connectivity index (χ3v) is 4.82. The van der Waals surface area contributed by atoms with Gasteiger partial charge in [-0.05, 0) is 42.2 Å². The van der Waals surface area contributed by atoms with E-state index in [4.69, 9.17) is 4.74 Å². The van der Waals surface area contributed by atoms with Gasteiger partial charge in [0.05, 0.1) is 7.11 Å². The molecule has 0 aromatic heterocycles. The van der Waals surface area contributed by atoms with E-state index in [0.717, 1.165) is 47.9 Å². The van der Waals surface area contributed by atoms with Crippen LogP contribution in [0.3, 0.4) is 0 Å². The number of rotatable bonds is 9. The Balaban J connectivity index is 1.84. The quantitative estimate of drug-likeness (QED) is 0.447. The first kappa shape index (κ1) is 22.3.